The molecule has 1 aromatic carbocycles. The summed E-state index contributed by atoms with van der Waals surface area (Å²) in [6, 6.07) is 7.84. The number of aryl methyl sites for hydroxylation is 1. The standard InChI is InChI=1S/C16H20N2O2/c1-11(2)16(15(19)20)6-7-18(10-16)14-5-4-13(9-17)12(3)8-14/h4-5,8,11H,6-7,10H2,1-3H3,(H,19,20). The zero-order valence-electron chi connectivity index (χ0n) is 12.2. The summed E-state index contributed by atoms with van der Waals surface area (Å²) in [5, 5.41) is 18.5. The summed E-state index contributed by atoms with van der Waals surface area (Å²) in [7, 11) is 0. The molecule has 1 fully saturated rings. The van der Waals surface area contributed by atoms with Crippen molar-refractivity contribution >= 4 is 11.7 Å². The maximum absolute atomic E-state index is 11.6. The maximum atomic E-state index is 11.6. The molecule has 4 nitrogen and oxygen atoms in total. The van der Waals surface area contributed by atoms with E-state index in [2.05, 4.69) is 11.0 Å². The van der Waals surface area contributed by atoms with Crippen molar-refractivity contribution in [3.05, 3.63) is 29.3 Å². The monoisotopic (exact) mass is 272 g/mol. The van der Waals surface area contributed by atoms with Crippen molar-refractivity contribution in [2.24, 2.45) is 11.3 Å². The van der Waals surface area contributed by atoms with Crippen LogP contribution >= 0.6 is 0 Å². The third kappa shape index (κ3) is 2.24. The molecule has 0 aliphatic carbocycles. The Hall–Kier alpha value is -2.02. The highest BCUT2D eigenvalue weighted by atomic mass is 16.4. The van der Waals surface area contributed by atoms with Gasteiger partial charge in [0.1, 0.15) is 0 Å². The molecule has 20 heavy (non-hydrogen) atoms. The van der Waals surface area contributed by atoms with Gasteiger partial charge in [-0.2, -0.15) is 5.26 Å². The minimum absolute atomic E-state index is 0.101. The van der Waals surface area contributed by atoms with Gasteiger partial charge >= 0.3 is 5.97 Å². The molecule has 0 spiro atoms. The number of carbonyl (C=O) groups is 1. The van der Waals surface area contributed by atoms with Crippen LogP contribution in [0.15, 0.2) is 18.2 Å². The Morgan fingerprint density at radius 3 is 2.65 bits per heavy atom. The van der Waals surface area contributed by atoms with Gasteiger partial charge in [-0.15, -0.1) is 0 Å². The molecule has 1 aromatic rings. The first kappa shape index (κ1) is 14.4. The lowest BCUT2D eigenvalue weighted by molar-refractivity contribution is -0.150. The van der Waals surface area contributed by atoms with Crippen LogP contribution in [-0.2, 0) is 4.79 Å². The molecule has 1 saturated heterocycles. The van der Waals surface area contributed by atoms with Gasteiger partial charge in [-0.05, 0) is 43.0 Å². The Morgan fingerprint density at radius 1 is 1.50 bits per heavy atom. The highest BCUT2D eigenvalue weighted by Gasteiger charge is 2.47. The van der Waals surface area contributed by atoms with Crippen LogP contribution in [0.1, 0.15) is 31.4 Å². The molecule has 0 aromatic heterocycles. The van der Waals surface area contributed by atoms with Gasteiger partial charge in [-0.25, -0.2) is 0 Å². The van der Waals surface area contributed by atoms with Gasteiger partial charge in [-0.1, -0.05) is 13.8 Å². The molecule has 1 atom stereocenters. The Kier molecular flexibility index (Phi) is 3.71. The van der Waals surface area contributed by atoms with Crippen molar-refractivity contribution in [2.75, 3.05) is 18.0 Å². The smallest absolute Gasteiger partial charge is 0.311 e. The lowest BCUT2D eigenvalue weighted by atomic mass is 9.76. The van der Waals surface area contributed by atoms with Gasteiger partial charge in [-0.3, -0.25) is 4.79 Å². The molecule has 1 aliphatic heterocycles. The zero-order valence-corrected chi connectivity index (χ0v) is 12.2. The lowest BCUT2D eigenvalue weighted by Gasteiger charge is -2.29. The van der Waals surface area contributed by atoms with E-state index in [1.165, 1.54) is 0 Å². The first-order valence-corrected chi connectivity index (χ1v) is 6.90. The largest absolute Gasteiger partial charge is 0.481 e. The summed E-state index contributed by atoms with van der Waals surface area (Å²) in [4.78, 5) is 13.8. The second-order valence-electron chi connectivity index (χ2n) is 5.90. The third-order valence-corrected chi connectivity index (χ3v) is 4.53. The van der Waals surface area contributed by atoms with Crippen LogP contribution in [0.2, 0.25) is 0 Å². The fourth-order valence-electron chi connectivity index (χ4n) is 2.92. The summed E-state index contributed by atoms with van der Waals surface area (Å²) in [6.45, 7) is 7.13. The summed E-state index contributed by atoms with van der Waals surface area (Å²) in [6.07, 6.45) is 0.666. The number of nitriles is 1. The van der Waals surface area contributed by atoms with E-state index in [0.717, 1.165) is 17.8 Å². The van der Waals surface area contributed by atoms with Gasteiger partial charge in [0.05, 0.1) is 17.0 Å². The van der Waals surface area contributed by atoms with E-state index >= 15 is 0 Å². The number of hydrogen-bond acceptors (Lipinski definition) is 3. The predicted octanol–water partition coefficient (Wildman–Crippen LogP) is 2.80. The molecule has 0 amide bonds. The number of nitrogens with zero attached hydrogens (tertiary/aromatic N) is 2. The summed E-state index contributed by atoms with van der Waals surface area (Å²) in [5.74, 6) is -0.607. The quantitative estimate of drug-likeness (QED) is 0.919. The fourth-order valence-corrected chi connectivity index (χ4v) is 2.92. The van der Waals surface area contributed by atoms with Crippen LogP contribution in [0.25, 0.3) is 0 Å². The first-order valence-electron chi connectivity index (χ1n) is 6.90. The molecule has 1 heterocycles. The number of benzene rings is 1. The van der Waals surface area contributed by atoms with E-state index in [0.29, 0.717) is 18.5 Å². The van der Waals surface area contributed by atoms with Crippen LogP contribution in [0.5, 0.6) is 0 Å². The van der Waals surface area contributed by atoms with Gasteiger partial charge in [0.2, 0.25) is 0 Å². The molecule has 106 valence electrons. The van der Waals surface area contributed by atoms with E-state index in [4.69, 9.17) is 5.26 Å². The lowest BCUT2D eigenvalue weighted by Crippen LogP contribution is -2.39. The Balaban J connectivity index is 2.27. The molecular weight excluding hydrogens is 252 g/mol. The Morgan fingerprint density at radius 2 is 2.20 bits per heavy atom. The summed E-state index contributed by atoms with van der Waals surface area (Å²) < 4.78 is 0. The molecule has 1 unspecified atom stereocenters. The topological polar surface area (TPSA) is 64.3 Å². The number of hydrogen-bond donors (Lipinski definition) is 1. The molecule has 4 heteroatoms. The van der Waals surface area contributed by atoms with Crippen LogP contribution in [0, 0.1) is 29.6 Å². The van der Waals surface area contributed by atoms with Crippen LogP contribution in [0.3, 0.4) is 0 Å². The number of anilines is 1. The van der Waals surface area contributed by atoms with Crippen molar-refractivity contribution < 1.29 is 9.90 Å². The molecule has 1 aliphatic rings. The minimum Gasteiger partial charge on any atom is -0.481 e. The molecule has 0 radical (unpaired) electrons. The van der Waals surface area contributed by atoms with Crippen LogP contribution < -0.4 is 4.90 Å². The number of rotatable bonds is 3. The van der Waals surface area contributed by atoms with E-state index < -0.39 is 11.4 Å². The van der Waals surface area contributed by atoms with Gasteiger partial charge < -0.3 is 10.0 Å². The third-order valence-electron chi connectivity index (χ3n) is 4.53. The summed E-state index contributed by atoms with van der Waals surface area (Å²) in [5.41, 5.74) is 1.94. The number of carboxylic acid groups (broad SMARTS) is 1. The maximum Gasteiger partial charge on any atom is 0.311 e. The highest BCUT2D eigenvalue weighted by molar-refractivity contribution is 5.77. The van der Waals surface area contributed by atoms with Crippen molar-refractivity contribution in [1.29, 1.82) is 5.26 Å². The Bertz CT molecular complexity index is 574. The first-order chi connectivity index (χ1) is 9.40. The van der Waals surface area contributed by atoms with E-state index in [1.54, 1.807) is 6.07 Å². The average molecular weight is 272 g/mol. The van der Waals surface area contributed by atoms with E-state index in [1.807, 2.05) is 32.9 Å². The predicted molar refractivity (Wildman–Crippen MR) is 77.6 cm³/mol. The van der Waals surface area contributed by atoms with E-state index in [-0.39, 0.29) is 5.92 Å². The minimum atomic E-state index is -0.708. The molecule has 2 rings (SSSR count). The molecule has 0 saturated carbocycles. The van der Waals surface area contributed by atoms with E-state index in [9.17, 15) is 9.90 Å². The van der Waals surface area contributed by atoms with Gasteiger partial charge in [0.15, 0.2) is 0 Å². The SMILES string of the molecule is Cc1cc(N2CCC(C(=O)O)(C(C)C)C2)ccc1C#N. The Labute approximate surface area is 119 Å². The van der Waals surface area contributed by atoms with Crippen molar-refractivity contribution in [2.45, 2.75) is 27.2 Å². The normalized spacial score (nSPS) is 22.1. The molecule has 1 N–H and O–H groups in total. The zero-order chi connectivity index (χ0) is 14.9. The number of aliphatic carboxylic acids is 1. The molecule has 0 bridgehead atoms. The van der Waals surface area contributed by atoms with Gasteiger partial charge in [0.25, 0.3) is 0 Å². The van der Waals surface area contributed by atoms with Crippen LogP contribution in [0.4, 0.5) is 5.69 Å². The second-order valence-corrected chi connectivity index (χ2v) is 5.90. The highest BCUT2D eigenvalue weighted by Crippen LogP contribution is 2.40. The van der Waals surface area contributed by atoms with Gasteiger partial charge in [0, 0.05) is 18.8 Å². The molecular formula is C16H20N2O2. The van der Waals surface area contributed by atoms with Crippen LogP contribution in [-0.4, -0.2) is 24.2 Å². The number of carboxylic acids is 1. The fraction of sp³-hybridized carbons (Fsp3) is 0.500. The second kappa shape index (κ2) is 5.16. The summed E-state index contributed by atoms with van der Waals surface area (Å²) >= 11 is 0. The average Bonchev–Trinajstić information content (AvgIpc) is 2.85. The van der Waals surface area contributed by atoms with Crippen molar-refractivity contribution in [1.82, 2.24) is 0 Å². The van der Waals surface area contributed by atoms with Crippen molar-refractivity contribution in [3.8, 4) is 6.07 Å². The van der Waals surface area contributed by atoms with Crippen molar-refractivity contribution in [3.63, 3.8) is 0 Å².